The Kier molecular flexibility index (Phi) is 5.17. The number of non-ortho nitro benzene ring substituents is 1. The second kappa shape index (κ2) is 6.89. The molecule has 0 heterocycles. The number of nitro groups is 1. The van der Waals surface area contributed by atoms with Crippen LogP contribution in [0.1, 0.15) is 11.1 Å². The van der Waals surface area contributed by atoms with E-state index in [1.165, 1.54) is 12.1 Å². The maximum Gasteiger partial charge on any atom is 0.270 e. The summed E-state index contributed by atoms with van der Waals surface area (Å²) in [6.07, 6.45) is 0. The Bertz CT molecular complexity index is 679. The molecule has 0 atom stereocenters. The molecule has 110 valence electrons. The van der Waals surface area contributed by atoms with Gasteiger partial charge in [-0.15, -0.1) is 0 Å². The van der Waals surface area contributed by atoms with Crippen LogP contribution < -0.4 is 10.5 Å². The summed E-state index contributed by atoms with van der Waals surface area (Å²) in [5, 5.41) is 11.2. The minimum absolute atomic E-state index is 0.0240. The molecule has 0 saturated carbocycles. The van der Waals surface area contributed by atoms with Crippen LogP contribution in [0.25, 0.3) is 0 Å². The van der Waals surface area contributed by atoms with E-state index in [2.05, 4.69) is 15.9 Å². The van der Waals surface area contributed by atoms with Gasteiger partial charge in [0.25, 0.3) is 5.69 Å². The lowest BCUT2D eigenvalue weighted by atomic mass is 10.2. The fraction of sp³-hybridized carbons (Fsp3) is 0.143. The third-order valence-corrected chi connectivity index (χ3v) is 3.90. The van der Waals surface area contributed by atoms with E-state index in [9.17, 15) is 10.1 Å². The molecule has 2 rings (SSSR count). The Hall–Kier alpha value is -1.63. The standard InChI is InChI=1S/C14H12BrClN2O3/c15-12-6-11(18(19)20)3-2-10(12)8-21-14-4-1-9(7-17)5-13(14)16/h1-6H,7-8,17H2. The lowest BCUT2D eigenvalue weighted by Gasteiger charge is -2.10. The summed E-state index contributed by atoms with van der Waals surface area (Å²) < 4.78 is 6.25. The fourth-order valence-electron chi connectivity index (χ4n) is 1.71. The molecular formula is C14H12BrClN2O3. The van der Waals surface area contributed by atoms with Gasteiger partial charge in [0.15, 0.2) is 0 Å². The molecule has 7 heteroatoms. The highest BCUT2D eigenvalue weighted by molar-refractivity contribution is 9.10. The average molecular weight is 372 g/mol. The van der Waals surface area contributed by atoms with Crippen LogP contribution in [0.3, 0.4) is 0 Å². The first-order valence-electron chi connectivity index (χ1n) is 6.05. The van der Waals surface area contributed by atoms with Crippen LogP contribution in [0.2, 0.25) is 5.02 Å². The number of halogens is 2. The first-order chi connectivity index (χ1) is 10.0. The zero-order valence-electron chi connectivity index (χ0n) is 10.9. The summed E-state index contributed by atoms with van der Waals surface area (Å²) in [6, 6.07) is 9.86. The maximum atomic E-state index is 10.7. The van der Waals surface area contributed by atoms with Gasteiger partial charge in [0.05, 0.1) is 9.95 Å². The van der Waals surface area contributed by atoms with Crippen LogP contribution in [0, 0.1) is 10.1 Å². The van der Waals surface area contributed by atoms with Crippen molar-refractivity contribution in [3.05, 3.63) is 67.1 Å². The quantitative estimate of drug-likeness (QED) is 0.635. The highest BCUT2D eigenvalue weighted by atomic mass is 79.9. The molecule has 0 aliphatic heterocycles. The summed E-state index contributed by atoms with van der Waals surface area (Å²) in [6.45, 7) is 0.661. The smallest absolute Gasteiger partial charge is 0.270 e. The normalized spacial score (nSPS) is 10.4. The Morgan fingerprint density at radius 2 is 2.05 bits per heavy atom. The van der Waals surface area contributed by atoms with E-state index in [1.54, 1.807) is 18.2 Å². The number of hydrogen-bond donors (Lipinski definition) is 1. The van der Waals surface area contributed by atoms with Crippen LogP contribution in [0.5, 0.6) is 5.75 Å². The molecule has 2 aromatic rings. The minimum Gasteiger partial charge on any atom is -0.487 e. The summed E-state index contributed by atoms with van der Waals surface area (Å²) in [5.74, 6) is 0.541. The number of benzene rings is 2. The van der Waals surface area contributed by atoms with Crippen LogP contribution in [-0.4, -0.2) is 4.92 Å². The number of nitro benzene ring substituents is 1. The van der Waals surface area contributed by atoms with Gasteiger partial charge in [-0.3, -0.25) is 10.1 Å². The molecule has 0 bridgehead atoms. The molecule has 0 aliphatic carbocycles. The van der Waals surface area contributed by atoms with Crippen LogP contribution in [0.4, 0.5) is 5.69 Å². The van der Waals surface area contributed by atoms with Crippen molar-refractivity contribution in [1.82, 2.24) is 0 Å². The van der Waals surface area contributed by atoms with Crippen molar-refractivity contribution >= 4 is 33.2 Å². The van der Waals surface area contributed by atoms with Gasteiger partial charge >= 0.3 is 0 Å². The number of nitrogens with two attached hydrogens (primary N) is 1. The molecule has 0 unspecified atom stereocenters. The van der Waals surface area contributed by atoms with E-state index in [1.807, 2.05) is 6.07 Å². The van der Waals surface area contributed by atoms with Gasteiger partial charge in [-0.2, -0.15) is 0 Å². The molecule has 0 saturated heterocycles. The van der Waals surface area contributed by atoms with Gasteiger partial charge in [-0.25, -0.2) is 0 Å². The summed E-state index contributed by atoms with van der Waals surface area (Å²) >= 11 is 9.40. The molecule has 5 nitrogen and oxygen atoms in total. The molecule has 2 aromatic carbocycles. The second-order valence-corrected chi connectivity index (χ2v) is 5.55. The second-order valence-electron chi connectivity index (χ2n) is 4.29. The van der Waals surface area contributed by atoms with Gasteiger partial charge in [-0.05, 0) is 23.8 Å². The number of nitrogens with zero attached hydrogens (tertiary/aromatic N) is 1. The lowest BCUT2D eigenvalue weighted by molar-refractivity contribution is -0.384. The first-order valence-corrected chi connectivity index (χ1v) is 7.22. The van der Waals surface area contributed by atoms with Crippen molar-refractivity contribution in [1.29, 1.82) is 0 Å². The summed E-state index contributed by atoms with van der Waals surface area (Å²) in [4.78, 5) is 10.2. The van der Waals surface area contributed by atoms with E-state index in [0.717, 1.165) is 11.1 Å². The van der Waals surface area contributed by atoms with Gasteiger partial charge in [0.1, 0.15) is 12.4 Å². The molecule has 21 heavy (non-hydrogen) atoms. The SMILES string of the molecule is NCc1ccc(OCc2ccc([N+](=O)[O-])cc2Br)c(Cl)c1. The predicted octanol–water partition coefficient (Wildman–Crippen LogP) is 4.05. The average Bonchev–Trinajstić information content (AvgIpc) is 2.46. The Morgan fingerprint density at radius 3 is 2.62 bits per heavy atom. The Morgan fingerprint density at radius 1 is 1.29 bits per heavy atom. The third-order valence-electron chi connectivity index (χ3n) is 2.86. The highest BCUT2D eigenvalue weighted by Gasteiger charge is 2.10. The summed E-state index contributed by atoms with van der Waals surface area (Å²) in [5.41, 5.74) is 7.27. The van der Waals surface area contributed by atoms with Gasteiger partial charge in [0, 0.05) is 28.7 Å². The van der Waals surface area contributed by atoms with Crippen molar-refractivity contribution in [2.45, 2.75) is 13.2 Å². The van der Waals surface area contributed by atoms with Crippen LogP contribution in [-0.2, 0) is 13.2 Å². The van der Waals surface area contributed by atoms with Gasteiger partial charge in [0.2, 0.25) is 0 Å². The molecule has 0 spiro atoms. The molecule has 0 fully saturated rings. The molecule has 0 radical (unpaired) electrons. The Balaban J connectivity index is 2.11. The van der Waals surface area contributed by atoms with Crippen molar-refractivity contribution in [3.8, 4) is 5.75 Å². The van der Waals surface area contributed by atoms with Crippen molar-refractivity contribution < 1.29 is 9.66 Å². The topological polar surface area (TPSA) is 78.4 Å². The largest absolute Gasteiger partial charge is 0.487 e. The number of hydrogen-bond acceptors (Lipinski definition) is 4. The number of rotatable bonds is 5. The monoisotopic (exact) mass is 370 g/mol. The maximum absolute atomic E-state index is 10.7. The molecular weight excluding hydrogens is 360 g/mol. The molecule has 0 amide bonds. The van der Waals surface area contributed by atoms with E-state index in [0.29, 0.717) is 21.8 Å². The third kappa shape index (κ3) is 3.93. The first kappa shape index (κ1) is 15.8. The van der Waals surface area contributed by atoms with E-state index < -0.39 is 4.92 Å². The Labute approximate surface area is 134 Å². The van der Waals surface area contributed by atoms with Crippen LogP contribution in [0.15, 0.2) is 40.9 Å². The van der Waals surface area contributed by atoms with Crippen molar-refractivity contribution in [2.24, 2.45) is 5.73 Å². The van der Waals surface area contributed by atoms with Crippen molar-refractivity contribution in [3.63, 3.8) is 0 Å². The zero-order valence-corrected chi connectivity index (χ0v) is 13.2. The van der Waals surface area contributed by atoms with E-state index in [4.69, 9.17) is 22.1 Å². The fourth-order valence-corrected chi connectivity index (χ4v) is 2.45. The highest BCUT2D eigenvalue weighted by Crippen LogP contribution is 2.28. The number of ether oxygens (including phenoxy) is 1. The zero-order chi connectivity index (χ0) is 15.4. The minimum atomic E-state index is -0.447. The van der Waals surface area contributed by atoms with Crippen LogP contribution >= 0.6 is 27.5 Å². The molecule has 2 N–H and O–H groups in total. The molecule has 0 aromatic heterocycles. The van der Waals surface area contributed by atoms with E-state index >= 15 is 0 Å². The van der Waals surface area contributed by atoms with E-state index in [-0.39, 0.29) is 12.3 Å². The van der Waals surface area contributed by atoms with Gasteiger partial charge in [-0.1, -0.05) is 33.6 Å². The lowest BCUT2D eigenvalue weighted by Crippen LogP contribution is -2.00. The molecule has 0 aliphatic rings. The summed E-state index contributed by atoms with van der Waals surface area (Å²) in [7, 11) is 0. The predicted molar refractivity (Wildman–Crippen MR) is 84.5 cm³/mol. The van der Waals surface area contributed by atoms with Crippen molar-refractivity contribution in [2.75, 3.05) is 0 Å². The van der Waals surface area contributed by atoms with Gasteiger partial charge < -0.3 is 10.5 Å².